The molecule has 3 aromatic rings. The first-order chi connectivity index (χ1) is 12.9. The summed E-state index contributed by atoms with van der Waals surface area (Å²) in [5, 5.41) is 13.7. The molecule has 0 aliphatic heterocycles. The fourth-order valence-electron chi connectivity index (χ4n) is 2.28. The van der Waals surface area contributed by atoms with Gasteiger partial charge in [-0.15, -0.1) is 0 Å². The second-order valence-electron chi connectivity index (χ2n) is 5.35. The summed E-state index contributed by atoms with van der Waals surface area (Å²) in [5.74, 6) is -0.772. The number of esters is 1. The van der Waals surface area contributed by atoms with Crippen molar-refractivity contribution in [2.75, 3.05) is 12.4 Å². The first-order valence-electron chi connectivity index (χ1n) is 7.61. The summed E-state index contributed by atoms with van der Waals surface area (Å²) in [7, 11) is 1.26. The van der Waals surface area contributed by atoms with Crippen LogP contribution in [0.5, 0.6) is 0 Å². The maximum Gasteiger partial charge on any atom is 0.350 e. The number of thiazole rings is 1. The second kappa shape index (κ2) is 7.38. The van der Waals surface area contributed by atoms with Crippen molar-refractivity contribution in [3.05, 3.63) is 62.8 Å². The fourth-order valence-corrected chi connectivity index (χ4v) is 3.16. The van der Waals surface area contributed by atoms with Crippen LogP contribution in [-0.2, 0) is 4.74 Å². The van der Waals surface area contributed by atoms with Gasteiger partial charge in [-0.25, -0.2) is 9.78 Å². The van der Waals surface area contributed by atoms with Crippen molar-refractivity contribution in [2.24, 2.45) is 0 Å². The van der Waals surface area contributed by atoms with E-state index in [9.17, 15) is 19.7 Å². The zero-order valence-corrected chi connectivity index (χ0v) is 15.0. The molecule has 0 fully saturated rings. The summed E-state index contributed by atoms with van der Waals surface area (Å²) >= 11 is 0.989. The van der Waals surface area contributed by atoms with E-state index < -0.39 is 16.8 Å². The molecule has 0 saturated heterocycles. The number of carbonyl (C=O) groups is 2. The number of nitro groups is 1. The van der Waals surface area contributed by atoms with Crippen LogP contribution < -0.4 is 5.32 Å². The highest BCUT2D eigenvalue weighted by Gasteiger charge is 2.19. The molecule has 2 aromatic heterocycles. The van der Waals surface area contributed by atoms with E-state index in [1.165, 1.54) is 31.4 Å². The third kappa shape index (κ3) is 3.85. The predicted octanol–water partition coefficient (Wildman–Crippen LogP) is 3.66. The number of methoxy groups -OCH3 is 1. The summed E-state index contributed by atoms with van der Waals surface area (Å²) in [4.78, 5) is 38.7. The van der Waals surface area contributed by atoms with E-state index in [1.807, 2.05) is 0 Å². The van der Waals surface area contributed by atoms with Crippen LogP contribution in [0.2, 0.25) is 0 Å². The normalized spacial score (nSPS) is 10.4. The zero-order valence-electron chi connectivity index (χ0n) is 14.2. The zero-order chi connectivity index (χ0) is 19.6. The predicted molar refractivity (Wildman–Crippen MR) is 96.9 cm³/mol. The first kappa shape index (κ1) is 18.3. The molecule has 9 nitrogen and oxygen atoms in total. The second-order valence-corrected chi connectivity index (χ2v) is 6.35. The number of nitrogens with one attached hydrogen (secondary N) is 1. The SMILES string of the molecule is COC(=O)c1sc(NC(=O)c2ccc(-c3cccc([N+](=O)[O-])c3)o2)nc1C. The highest BCUT2D eigenvalue weighted by Crippen LogP contribution is 2.27. The van der Waals surface area contributed by atoms with Gasteiger partial charge in [0.1, 0.15) is 10.6 Å². The highest BCUT2D eigenvalue weighted by atomic mass is 32.1. The number of aromatic nitrogens is 1. The van der Waals surface area contributed by atoms with Crippen molar-refractivity contribution in [1.82, 2.24) is 4.98 Å². The maximum absolute atomic E-state index is 12.3. The van der Waals surface area contributed by atoms with Gasteiger partial charge in [0.15, 0.2) is 10.9 Å². The van der Waals surface area contributed by atoms with Gasteiger partial charge >= 0.3 is 5.97 Å². The molecule has 1 amide bonds. The first-order valence-corrected chi connectivity index (χ1v) is 8.42. The average Bonchev–Trinajstić information content (AvgIpc) is 3.28. The number of nitro benzene ring substituents is 1. The van der Waals surface area contributed by atoms with E-state index in [-0.39, 0.29) is 16.6 Å². The third-order valence-electron chi connectivity index (χ3n) is 3.56. The van der Waals surface area contributed by atoms with Crippen molar-refractivity contribution in [3.63, 3.8) is 0 Å². The Labute approximate surface area is 156 Å². The molecule has 138 valence electrons. The quantitative estimate of drug-likeness (QED) is 0.402. The van der Waals surface area contributed by atoms with Crippen LogP contribution in [0.4, 0.5) is 10.8 Å². The van der Waals surface area contributed by atoms with Crippen LogP contribution in [0.1, 0.15) is 25.9 Å². The van der Waals surface area contributed by atoms with E-state index in [1.54, 1.807) is 19.1 Å². The fraction of sp³-hybridized carbons (Fsp3) is 0.118. The van der Waals surface area contributed by atoms with Crippen molar-refractivity contribution >= 4 is 34.0 Å². The van der Waals surface area contributed by atoms with E-state index in [0.717, 1.165) is 11.3 Å². The van der Waals surface area contributed by atoms with E-state index in [4.69, 9.17) is 4.42 Å². The number of non-ortho nitro benzene ring substituents is 1. The number of ether oxygens (including phenoxy) is 1. The number of benzene rings is 1. The van der Waals surface area contributed by atoms with Gasteiger partial charge in [-0.05, 0) is 19.1 Å². The molecule has 10 heteroatoms. The third-order valence-corrected chi connectivity index (χ3v) is 4.61. The Morgan fingerprint density at radius 2 is 2.07 bits per heavy atom. The Bertz CT molecular complexity index is 1040. The molecule has 0 aliphatic rings. The number of aryl methyl sites for hydroxylation is 1. The van der Waals surface area contributed by atoms with Gasteiger partial charge in [0, 0.05) is 17.7 Å². The summed E-state index contributed by atoms with van der Waals surface area (Å²) in [6.07, 6.45) is 0. The number of amides is 1. The molecule has 2 heterocycles. The summed E-state index contributed by atoms with van der Waals surface area (Å²) in [6, 6.07) is 8.88. The molecule has 0 radical (unpaired) electrons. The van der Waals surface area contributed by atoms with E-state index in [2.05, 4.69) is 15.0 Å². The molecule has 0 saturated carbocycles. The Hall–Kier alpha value is -3.53. The van der Waals surface area contributed by atoms with Gasteiger partial charge < -0.3 is 9.15 Å². The summed E-state index contributed by atoms with van der Waals surface area (Å²) in [6.45, 7) is 1.63. The minimum absolute atomic E-state index is 0.00368. The number of anilines is 1. The summed E-state index contributed by atoms with van der Waals surface area (Å²) in [5.41, 5.74) is 0.837. The lowest BCUT2D eigenvalue weighted by molar-refractivity contribution is -0.384. The van der Waals surface area contributed by atoms with Gasteiger partial charge in [0.05, 0.1) is 17.7 Å². The number of nitrogens with zero attached hydrogens (tertiary/aromatic N) is 2. The van der Waals surface area contributed by atoms with Crippen LogP contribution in [0.15, 0.2) is 40.8 Å². The molecule has 0 aliphatic carbocycles. The molecule has 0 spiro atoms. The number of rotatable bonds is 5. The van der Waals surface area contributed by atoms with Crippen LogP contribution in [0, 0.1) is 17.0 Å². The van der Waals surface area contributed by atoms with E-state index in [0.29, 0.717) is 21.9 Å². The van der Waals surface area contributed by atoms with Gasteiger partial charge in [-0.1, -0.05) is 23.5 Å². The highest BCUT2D eigenvalue weighted by molar-refractivity contribution is 7.17. The average molecular weight is 387 g/mol. The van der Waals surface area contributed by atoms with Gasteiger partial charge in [0.25, 0.3) is 11.6 Å². The van der Waals surface area contributed by atoms with Crippen molar-refractivity contribution < 1.29 is 23.7 Å². The molecule has 27 heavy (non-hydrogen) atoms. The van der Waals surface area contributed by atoms with Gasteiger partial charge in [-0.2, -0.15) is 0 Å². The lowest BCUT2D eigenvalue weighted by atomic mass is 10.1. The van der Waals surface area contributed by atoms with Crippen molar-refractivity contribution in [3.8, 4) is 11.3 Å². The maximum atomic E-state index is 12.3. The minimum Gasteiger partial charge on any atom is -0.465 e. The van der Waals surface area contributed by atoms with Crippen LogP contribution in [0.25, 0.3) is 11.3 Å². The summed E-state index contributed by atoms with van der Waals surface area (Å²) < 4.78 is 10.1. The topological polar surface area (TPSA) is 125 Å². The number of hydrogen-bond acceptors (Lipinski definition) is 8. The molecule has 1 N–H and O–H groups in total. The molecular formula is C17H13N3O6S. The molecular weight excluding hydrogens is 374 g/mol. The van der Waals surface area contributed by atoms with Crippen molar-refractivity contribution in [2.45, 2.75) is 6.92 Å². The lowest BCUT2D eigenvalue weighted by Crippen LogP contribution is -2.10. The Morgan fingerprint density at radius 3 is 2.78 bits per heavy atom. The molecule has 1 aromatic carbocycles. The number of furan rings is 1. The number of carbonyl (C=O) groups excluding carboxylic acids is 2. The Kier molecular flexibility index (Phi) is 4.99. The van der Waals surface area contributed by atoms with Crippen LogP contribution in [0.3, 0.4) is 0 Å². The van der Waals surface area contributed by atoms with Crippen LogP contribution >= 0.6 is 11.3 Å². The van der Waals surface area contributed by atoms with Crippen molar-refractivity contribution in [1.29, 1.82) is 0 Å². The molecule has 0 bridgehead atoms. The van der Waals surface area contributed by atoms with Crippen LogP contribution in [-0.4, -0.2) is 28.9 Å². The Balaban J connectivity index is 1.79. The molecule has 3 rings (SSSR count). The smallest absolute Gasteiger partial charge is 0.350 e. The van der Waals surface area contributed by atoms with E-state index >= 15 is 0 Å². The lowest BCUT2D eigenvalue weighted by Gasteiger charge is -1.99. The molecule has 0 atom stereocenters. The largest absolute Gasteiger partial charge is 0.465 e. The van der Waals surface area contributed by atoms with Gasteiger partial charge in [-0.3, -0.25) is 20.2 Å². The Morgan fingerprint density at radius 1 is 1.30 bits per heavy atom. The standard InChI is InChI=1S/C17H13N3O6S/c1-9-14(16(22)25-2)27-17(18-9)19-15(21)13-7-6-12(26-13)10-4-3-5-11(8-10)20(23)24/h3-8H,1-2H3,(H,18,19,21). The number of hydrogen-bond donors (Lipinski definition) is 1. The minimum atomic E-state index is -0.558. The van der Waals surface area contributed by atoms with Gasteiger partial charge in [0.2, 0.25) is 0 Å². The molecule has 0 unspecified atom stereocenters. The monoisotopic (exact) mass is 387 g/mol.